The second-order valence-electron chi connectivity index (χ2n) is 4.74. The van der Waals surface area contributed by atoms with Crippen molar-refractivity contribution in [2.24, 2.45) is 0 Å². The molecule has 0 bridgehead atoms. The normalized spacial score (nSPS) is 10.9. The van der Waals surface area contributed by atoms with Crippen LogP contribution in [-0.4, -0.2) is 31.0 Å². The van der Waals surface area contributed by atoms with Gasteiger partial charge in [0.15, 0.2) is 11.5 Å². The van der Waals surface area contributed by atoms with Gasteiger partial charge in [0.1, 0.15) is 0 Å². The number of hydrogen-bond donors (Lipinski definition) is 2. The van der Waals surface area contributed by atoms with Crippen LogP contribution in [0.5, 0.6) is 11.5 Å². The lowest BCUT2D eigenvalue weighted by Gasteiger charge is -2.17. The molecular formula is C15H24BrNO3. The third-order valence-electron chi connectivity index (χ3n) is 2.60. The summed E-state index contributed by atoms with van der Waals surface area (Å²) in [7, 11) is 0. The van der Waals surface area contributed by atoms with Crippen LogP contribution >= 0.6 is 15.9 Å². The second-order valence-corrected chi connectivity index (χ2v) is 5.60. The van der Waals surface area contributed by atoms with Crippen molar-refractivity contribution < 1.29 is 14.6 Å². The van der Waals surface area contributed by atoms with E-state index in [1.807, 2.05) is 32.9 Å². The standard InChI is InChI=1S/C15H24BrNO3/c1-4-19-14-8-12(10-17-6-5-7-18)13(16)9-15(14)20-11(2)3/h8-9,11,17-18H,4-7,10H2,1-3H3. The van der Waals surface area contributed by atoms with E-state index < -0.39 is 0 Å². The van der Waals surface area contributed by atoms with E-state index in [1.54, 1.807) is 0 Å². The van der Waals surface area contributed by atoms with E-state index in [-0.39, 0.29) is 12.7 Å². The summed E-state index contributed by atoms with van der Waals surface area (Å²) in [5.41, 5.74) is 1.11. The SMILES string of the molecule is CCOc1cc(CNCCCO)c(Br)cc1OC(C)C. The van der Waals surface area contributed by atoms with E-state index >= 15 is 0 Å². The zero-order chi connectivity index (χ0) is 15.0. The van der Waals surface area contributed by atoms with Gasteiger partial charge in [0.25, 0.3) is 0 Å². The Bertz CT molecular complexity index is 410. The molecule has 0 aliphatic rings. The zero-order valence-corrected chi connectivity index (χ0v) is 14.0. The fourth-order valence-corrected chi connectivity index (χ4v) is 2.22. The molecule has 2 N–H and O–H groups in total. The molecular weight excluding hydrogens is 322 g/mol. The Kier molecular flexibility index (Phi) is 7.95. The predicted molar refractivity (Wildman–Crippen MR) is 84.5 cm³/mol. The molecule has 0 amide bonds. The zero-order valence-electron chi connectivity index (χ0n) is 12.4. The lowest BCUT2D eigenvalue weighted by molar-refractivity contribution is 0.223. The largest absolute Gasteiger partial charge is 0.490 e. The van der Waals surface area contributed by atoms with Gasteiger partial charge in [-0.3, -0.25) is 0 Å². The van der Waals surface area contributed by atoms with E-state index in [0.717, 1.165) is 41.0 Å². The molecule has 0 saturated heterocycles. The minimum absolute atomic E-state index is 0.106. The Morgan fingerprint density at radius 3 is 2.65 bits per heavy atom. The molecule has 1 aromatic rings. The van der Waals surface area contributed by atoms with Gasteiger partial charge in [0, 0.05) is 17.6 Å². The Morgan fingerprint density at radius 2 is 2.05 bits per heavy atom. The first-order chi connectivity index (χ1) is 9.58. The van der Waals surface area contributed by atoms with Crippen LogP contribution in [0.2, 0.25) is 0 Å². The van der Waals surface area contributed by atoms with Crippen LogP contribution in [0.15, 0.2) is 16.6 Å². The molecule has 0 aromatic heterocycles. The highest BCUT2D eigenvalue weighted by atomic mass is 79.9. The Labute approximate surface area is 129 Å². The van der Waals surface area contributed by atoms with E-state index in [9.17, 15) is 0 Å². The molecule has 4 nitrogen and oxygen atoms in total. The number of ether oxygens (including phenoxy) is 2. The number of benzene rings is 1. The third-order valence-corrected chi connectivity index (χ3v) is 3.34. The molecule has 0 aliphatic carbocycles. The summed E-state index contributed by atoms with van der Waals surface area (Å²) in [5, 5.41) is 12.1. The van der Waals surface area contributed by atoms with Gasteiger partial charge in [-0.05, 0) is 51.4 Å². The van der Waals surface area contributed by atoms with Crippen LogP contribution in [0.4, 0.5) is 0 Å². The summed E-state index contributed by atoms with van der Waals surface area (Å²) in [4.78, 5) is 0. The van der Waals surface area contributed by atoms with Crippen LogP contribution in [0.3, 0.4) is 0 Å². The van der Waals surface area contributed by atoms with Gasteiger partial charge in [-0.15, -0.1) is 0 Å². The maximum atomic E-state index is 8.77. The Balaban J connectivity index is 2.82. The van der Waals surface area contributed by atoms with Gasteiger partial charge < -0.3 is 19.9 Å². The molecule has 0 radical (unpaired) electrons. The highest BCUT2D eigenvalue weighted by molar-refractivity contribution is 9.10. The van der Waals surface area contributed by atoms with E-state index in [1.165, 1.54) is 0 Å². The van der Waals surface area contributed by atoms with Gasteiger partial charge in [-0.2, -0.15) is 0 Å². The van der Waals surface area contributed by atoms with Crippen molar-refractivity contribution in [2.45, 2.75) is 39.8 Å². The van der Waals surface area contributed by atoms with Gasteiger partial charge in [-0.1, -0.05) is 15.9 Å². The highest BCUT2D eigenvalue weighted by Gasteiger charge is 2.12. The number of aliphatic hydroxyl groups excluding tert-OH is 1. The molecule has 1 aromatic carbocycles. The summed E-state index contributed by atoms with van der Waals surface area (Å²) in [5.74, 6) is 1.52. The molecule has 0 heterocycles. The first kappa shape index (κ1) is 17.3. The molecule has 0 atom stereocenters. The summed E-state index contributed by atoms with van der Waals surface area (Å²) in [6.07, 6.45) is 0.861. The van der Waals surface area contributed by atoms with Crippen molar-refractivity contribution in [1.29, 1.82) is 0 Å². The molecule has 0 fully saturated rings. The average molecular weight is 346 g/mol. The lowest BCUT2D eigenvalue weighted by atomic mass is 10.2. The molecule has 0 aliphatic heterocycles. The van der Waals surface area contributed by atoms with Gasteiger partial charge in [0.05, 0.1) is 12.7 Å². The summed E-state index contributed by atoms with van der Waals surface area (Å²) in [6, 6.07) is 3.95. The summed E-state index contributed by atoms with van der Waals surface area (Å²) < 4.78 is 12.4. The molecule has 0 spiro atoms. The number of rotatable bonds is 9. The average Bonchev–Trinajstić information content (AvgIpc) is 2.38. The quantitative estimate of drug-likeness (QED) is 0.675. The first-order valence-electron chi connectivity index (χ1n) is 7.02. The maximum Gasteiger partial charge on any atom is 0.162 e. The minimum atomic E-state index is 0.106. The van der Waals surface area contributed by atoms with Crippen LogP contribution in [-0.2, 0) is 6.54 Å². The number of hydrogen-bond acceptors (Lipinski definition) is 4. The molecule has 0 unspecified atom stereocenters. The van der Waals surface area contributed by atoms with Gasteiger partial charge in [0.2, 0.25) is 0 Å². The molecule has 114 valence electrons. The number of aliphatic hydroxyl groups is 1. The monoisotopic (exact) mass is 345 g/mol. The maximum absolute atomic E-state index is 8.77. The van der Waals surface area contributed by atoms with Crippen molar-refractivity contribution in [3.8, 4) is 11.5 Å². The highest BCUT2D eigenvalue weighted by Crippen LogP contribution is 2.34. The van der Waals surface area contributed by atoms with E-state index in [2.05, 4.69) is 21.2 Å². The number of nitrogens with one attached hydrogen (secondary N) is 1. The lowest BCUT2D eigenvalue weighted by Crippen LogP contribution is -2.16. The van der Waals surface area contributed by atoms with Crippen LogP contribution in [0, 0.1) is 0 Å². The smallest absolute Gasteiger partial charge is 0.162 e. The minimum Gasteiger partial charge on any atom is -0.490 e. The van der Waals surface area contributed by atoms with Crippen molar-refractivity contribution in [1.82, 2.24) is 5.32 Å². The van der Waals surface area contributed by atoms with Crippen LogP contribution in [0.25, 0.3) is 0 Å². The number of halogens is 1. The Morgan fingerprint density at radius 1 is 1.30 bits per heavy atom. The van der Waals surface area contributed by atoms with Crippen molar-refractivity contribution in [3.63, 3.8) is 0 Å². The topological polar surface area (TPSA) is 50.7 Å². The third kappa shape index (κ3) is 5.69. The van der Waals surface area contributed by atoms with Crippen LogP contribution < -0.4 is 14.8 Å². The molecule has 5 heteroatoms. The van der Waals surface area contributed by atoms with E-state index in [4.69, 9.17) is 14.6 Å². The van der Waals surface area contributed by atoms with Gasteiger partial charge >= 0.3 is 0 Å². The Hall–Kier alpha value is -0.780. The summed E-state index contributed by atoms with van der Waals surface area (Å²) in [6.45, 7) is 8.27. The first-order valence-corrected chi connectivity index (χ1v) is 7.81. The predicted octanol–water partition coefficient (Wildman–Crippen LogP) is 3.11. The van der Waals surface area contributed by atoms with E-state index in [0.29, 0.717) is 6.61 Å². The fraction of sp³-hybridized carbons (Fsp3) is 0.600. The molecule has 20 heavy (non-hydrogen) atoms. The van der Waals surface area contributed by atoms with Crippen LogP contribution in [0.1, 0.15) is 32.8 Å². The second kappa shape index (κ2) is 9.21. The summed E-state index contributed by atoms with van der Waals surface area (Å²) >= 11 is 3.57. The molecule has 0 saturated carbocycles. The fourth-order valence-electron chi connectivity index (χ4n) is 1.75. The van der Waals surface area contributed by atoms with Crippen molar-refractivity contribution in [3.05, 3.63) is 22.2 Å². The van der Waals surface area contributed by atoms with Gasteiger partial charge in [-0.25, -0.2) is 0 Å². The van der Waals surface area contributed by atoms with Crippen molar-refractivity contribution >= 4 is 15.9 Å². The van der Waals surface area contributed by atoms with Crippen molar-refractivity contribution in [2.75, 3.05) is 19.8 Å². The molecule has 1 rings (SSSR count).